The van der Waals surface area contributed by atoms with E-state index in [1.165, 1.54) is 20.2 Å². The lowest BCUT2D eigenvalue weighted by molar-refractivity contribution is 0.213. The fourth-order valence-electron chi connectivity index (χ4n) is 1.01. The Morgan fingerprint density at radius 1 is 1.31 bits per heavy atom. The minimum atomic E-state index is -1.38. The van der Waals surface area contributed by atoms with Gasteiger partial charge in [-0.15, -0.1) is 0 Å². The Bertz CT molecular complexity index is 289. The van der Waals surface area contributed by atoms with Gasteiger partial charge in [0, 0.05) is 5.69 Å². The summed E-state index contributed by atoms with van der Waals surface area (Å²) < 4.78 is 13.5. The summed E-state index contributed by atoms with van der Waals surface area (Å²) in [6.07, 6.45) is 1.42. The first-order chi connectivity index (χ1) is 5.91. The number of aromatic nitrogens is 2. The number of hydrogen-bond acceptors (Lipinski definition) is 2. The van der Waals surface area contributed by atoms with Crippen molar-refractivity contribution in [2.75, 3.05) is 0 Å². The number of nitrogens with zero attached hydrogens (tertiary/aromatic N) is 2. The zero-order chi connectivity index (χ0) is 10.1. The van der Waals surface area contributed by atoms with Crippen molar-refractivity contribution in [2.24, 2.45) is 0 Å². The summed E-state index contributed by atoms with van der Waals surface area (Å²) in [4.78, 5) is 7.98. The molecule has 0 radical (unpaired) electrons. The monoisotopic (exact) mass is 182 g/mol. The lowest BCUT2D eigenvalue weighted by atomic mass is 10.0. The molecule has 0 aromatic carbocycles. The van der Waals surface area contributed by atoms with E-state index < -0.39 is 5.67 Å². The van der Waals surface area contributed by atoms with Gasteiger partial charge < -0.3 is 0 Å². The topological polar surface area (TPSA) is 25.8 Å². The third-order valence-corrected chi connectivity index (χ3v) is 1.89. The summed E-state index contributed by atoms with van der Waals surface area (Å²) in [5, 5.41) is 0. The number of alkyl halides is 1. The highest BCUT2D eigenvalue weighted by atomic mass is 19.1. The van der Waals surface area contributed by atoms with E-state index >= 15 is 0 Å². The molecule has 0 atom stereocenters. The molecule has 0 aliphatic heterocycles. The largest absolute Gasteiger partial charge is 0.241 e. The fourth-order valence-corrected chi connectivity index (χ4v) is 1.01. The number of hydrogen-bond donors (Lipinski definition) is 0. The van der Waals surface area contributed by atoms with Gasteiger partial charge in [-0.3, -0.25) is 0 Å². The fraction of sp³-hybridized carbons (Fsp3) is 0.600. The quantitative estimate of drug-likeness (QED) is 0.702. The predicted molar refractivity (Wildman–Crippen MR) is 50.3 cm³/mol. The van der Waals surface area contributed by atoms with Crippen LogP contribution in [0.4, 0.5) is 4.39 Å². The van der Waals surface area contributed by atoms with Crippen LogP contribution in [0.3, 0.4) is 0 Å². The molecule has 1 aromatic rings. The van der Waals surface area contributed by atoms with Crippen LogP contribution in [0.2, 0.25) is 0 Å². The van der Waals surface area contributed by atoms with Gasteiger partial charge in [0.15, 0.2) is 0 Å². The van der Waals surface area contributed by atoms with Crippen LogP contribution in [0.1, 0.15) is 45.0 Å². The normalized spacial score (nSPS) is 12.2. The summed E-state index contributed by atoms with van der Waals surface area (Å²) >= 11 is 0. The predicted octanol–water partition coefficient (Wildman–Crippen LogP) is 2.80. The van der Waals surface area contributed by atoms with Gasteiger partial charge >= 0.3 is 0 Å². The van der Waals surface area contributed by atoms with Crippen molar-refractivity contribution >= 4 is 0 Å². The molecule has 0 aliphatic rings. The molecule has 2 nitrogen and oxygen atoms in total. The summed E-state index contributed by atoms with van der Waals surface area (Å²) in [5.74, 6) is 0.309. The van der Waals surface area contributed by atoms with Crippen LogP contribution in [0, 0.1) is 0 Å². The molecule has 1 rings (SSSR count). The highest BCUT2D eigenvalue weighted by molar-refractivity contribution is 5.16. The molecule has 3 heteroatoms. The molecule has 0 spiro atoms. The van der Waals surface area contributed by atoms with Gasteiger partial charge in [-0.25, -0.2) is 14.4 Å². The second-order valence-corrected chi connectivity index (χ2v) is 3.96. The van der Waals surface area contributed by atoms with Gasteiger partial charge in [-0.2, -0.15) is 0 Å². The highest BCUT2D eigenvalue weighted by Gasteiger charge is 2.21. The maximum absolute atomic E-state index is 13.5. The average molecular weight is 182 g/mol. The van der Waals surface area contributed by atoms with E-state index in [-0.39, 0.29) is 0 Å². The maximum Gasteiger partial charge on any atom is 0.147 e. The van der Waals surface area contributed by atoms with Crippen molar-refractivity contribution < 1.29 is 4.39 Å². The van der Waals surface area contributed by atoms with Crippen molar-refractivity contribution in [1.82, 2.24) is 9.97 Å². The summed E-state index contributed by atoms with van der Waals surface area (Å²) in [6, 6.07) is 1.73. The first kappa shape index (κ1) is 10.1. The van der Waals surface area contributed by atoms with Gasteiger partial charge in [0.1, 0.15) is 12.0 Å². The Kier molecular flexibility index (Phi) is 2.64. The molecular formula is C10H15FN2. The van der Waals surface area contributed by atoms with E-state index in [0.717, 1.165) is 5.69 Å². The van der Waals surface area contributed by atoms with Crippen LogP contribution in [0.15, 0.2) is 12.4 Å². The molecule has 0 saturated carbocycles. The van der Waals surface area contributed by atoms with E-state index in [1.54, 1.807) is 6.07 Å². The SMILES string of the molecule is CC(C)c1cc(C(C)(C)F)ncn1. The molecule has 0 aliphatic carbocycles. The van der Waals surface area contributed by atoms with Crippen molar-refractivity contribution in [3.63, 3.8) is 0 Å². The minimum Gasteiger partial charge on any atom is -0.241 e. The molecule has 0 amide bonds. The summed E-state index contributed by atoms with van der Waals surface area (Å²) in [5.41, 5.74) is -0.0472. The van der Waals surface area contributed by atoms with Crippen LogP contribution in [-0.4, -0.2) is 9.97 Å². The van der Waals surface area contributed by atoms with Gasteiger partial charge in [0.2, 0.25) is 0 Å². The van der Waals surface area contributed by atoms with E-state index in [9.17, 15) is 4.39 Å². The minimum absolute atomic E-state index is 0.309. The molecule has 13 heavy (non-hydrogen) atoms. The van der Waals surface area contributed by atoms with Crippen LogP contribution in [-0.2, 0) is 5.67 Å². The molecule has 1 aromatic heterocycles. The molecule has 0 saturated heterocycles. The Morgan fingerprint density at radius 2 is 1.92 bits per heavy atom. The van der Waals surface area contributed by atoms with Crippen molar-refractivity contribution in [2.45, 2.75) is 39.3 Å². The lowest BCUT2D eigenvalue weighted by Crippen LogP contribution is -2.12. The summed E-state index contributed by atoms with van der Waals surface area (Å²) in [6.45, 7) is 7.05. The van der Waals surface area contributed by atoms with Gasteiger partial charge in [0.25, 0.3) is 0 Å². The third kappa shape index (κ3) is 2.47. The van der Waals surface area contributed by atoms with Crippen LogP contribution >= 0.6 is 0 Å². The van der Waals surface area contributed by atoms with Crippen molar-refractivity contribution in [3.05, 3.63) is 23.8 Å². The van der Waals surface area contributed by atoms with E-state index in [1.807, 2.05) is 13.8 Å². The number of rotatable bonds is 2. The Balaban J connectivity index is 3.06. The molecular weight excluding hydrogens is 167 g/mol. The Hall–Kier alpha value is -0.990. The third-order valence-electron chi connectivity index (χ3n) is 1.89. The molecule has 72 valence electrons. The smallest absolute Gasteiger partial charge is 0.147 e. The Morgan fingerprint density at radius 3 is 2.38 bits per heavy atom. The second-order valence-electron chi connectivity index (χ2n) is 3.96. The molecule has 0 fully saturated rings. The number of halogens is 1. The maximum atomic E-state index is 13.5. The molecule has 0 unspecified atom stereocenters. The zero-order valence-corrected chi connectivity index (χ0v) is 8.50. The molecule has 0 bridgehead atoms. The first-order valence-electron chi connectivity index (χ1n) is 4.42. The zero-order valence-electron chi connectivity index (χ0n) is 8.50. The van der Waals surface area contributed by atoms with Gasteiger partial charge in [0.05, 0.1) is 5.69 Å². The van der Waals surface area contributed by atoms with Crippen molar-refractivity contribution in [3.8, 4) is 0 Å². The Labute approximate surface area is 78.2 Å². The van der Waals surface area contributed by atoms with Crippen LogP contribution < -0.4 is 0 Å². The van der Waals surface area contributed by atoms with E-state index in [4.69, 9.17) is 0 Å². The van der Waals surface area contributed by atoms with Gasteiger partial charge in [-0.05, 0) is 25.8 Å². The van der Waals surface area contributed by atoms with E-state index in [2.05, 4.69) is 9.97 Å². The lowest BCUT2D eigenvalue weighted by Gasteiger charge is -2.14. The van der Waals surface area contributed by atoms with Gasteiger partial charge in [-0.1, -0.05) is 13.8 Å². The average Bonchev–Trinajstić information content (AvgIpc) is 2.03. The first-order valence-corrected chi connectivity index (χ1v) is 4.42. The van der Waals surface area contributed by atoms with Crippen LogP contribution in [0.25, 0.3) is 0 Å². The van der Waals surface area contributed by atoms with Crippen LogP contribution in [0.5, 0.6) is 0 Å². The van der Waals surface area contributed by atoms with Crippen molar-refractivity contribution in [1.29, 1.82) is 0 Å². The van der Waals surface area contributed by atoms with E-state index in [0.29, 0.717) is 11.6 Å². The summed E-state index contributed by atoms with van der Waals surface area (Å²) in [7, 11) is 0. The molecule has 1 heterocycles. The standard InChI is InChI=1S/C10H15FN2/c1-7(2)8-5-9(10(3,4)11)13-6-12-8/h5-7H,1-4H3. The molecule has 0 N–H and O–H groups in total. The highest BCUT2D eigenvalue weighted by Crippen LogP contribution is 2.23. The second kappa shape index (κ2) is 3.40.